The van der Waals surface area contributed by atoms with Gasteiger partial charge in [-0.3, -0.25) is 5.10 Å². The van der Waals surface area contributed by atoms with E-state index in [0.717, 1.165) is 23.9 Å². The number of benzene rings is 3. The highest BCUT2D eigenvalue weighted by Crippen LogP contribution is 2.28. The maximum Gasteiger partial charge on any atom is 0.208 e. The molecular weight excluding hydrogens is 1230 g/mol. The Morgan fingerprint density at radius 3 is 1.46 bits per heavy atom. The molecule has 12 nitrogen and oxygen atoms in total. The number of nitrogens with one attached hydrogen (secondary N) is 1. The molecule has 70 heavy (non-hydrogen) atoms. The number of H-pyrrole nitrogens is 1. The Hall–Kier alpha value is -1.82. The first-order valence-electron chi connectivity index (χ1n) is 22.0. The average molecular weight is 1290 g/mol. The molecule has 3 heterocycles. The van der Waals surface area contributed by atoms with E-state index in [-0.39, 0.29) is 24.2 Å². The van der Waals surface area contributed by atoms with E-state index in [1.54, 1.807) is 45.8 Å². The third-order valence-corrected chi connectivity index (χ3v) is 17.8. The molecule has 0 amide bonds. The van der Waals surface area contributed by atoms with Crippen LogP contribution in [0.4, 0.5) is 13.2 Å². The summed E-state index contributed by atoms with van der Waals surface area (Å²) in [4.78, 5) is 12.9. The Morgan fingerprint density at radius 1 is 0.571 bits per heavy atom. The van der Waals surface area contributed by atoms with Crippen molar-refractivity contribution in [3.63, 3.8) is 0 Å². The fourth-order valence-electron chi connectivity index (χ4n) is 5.35. The molecule has 386 valence electrons. The monoisotopic (exact) mass is 1290 g/mol. The van der Waals surface area contributed by atoms with E-state index in [1.165, 1.54) is 59.5 Å². The van der Waals surface area contributed by atoms with Crippen molar-refractivity contribution >= 4 is 119 Å². The Bertz CT molecular complexity index is 2530. The first kappa shape index (κ1) is 62.5. The van der Waals surface area contributed by atoms with E-state index in [1.807, 2.05) is 18.8 Å². The molecule has 0 atom stereocenters. The molecular formula is C45H64Br3ClF3N9O3S3Si3. The van der Waals surface area contributed by atoms with Crippen LogP contribution in [0.1, 0.15) is 0 Å². The highest BCUT2D eigenvalue weighted by Gasteiger charge is 2.19. The molecule has 0 radical (unpaired) electrons. The van der Waals surface area contributed by atoms with Crippen LogP contribution in [0.15, 0.2) is 83.5 Å². The second-order valence-corrected chi connectivity index (χ2v) is 41.1. The number of hydrogen-bond donors (Lipinski definition) is 1. The molecule has 6 rings (SSSR count). The lowest BCUT2D eigenvalue weighted by molar-refractivity contribution is 0.0720. The van der Waals surface area contributed by atoms with Crippen LogP contribution < -0.4 is 0 Å². The van der Waals surface area contributed by atoms with Crippen LogP contribution in [0.25, 0.3) is 34.2 Å². The van der Waals surface area contributed by atoms with Gasteiger partial charge in [0, 0.05) is 57.5 Å². The Kier molecular flexibility index (Phi) is 27.2. The maximum atomic E-state index is 14.2. The molecule has 0 fully saturated rings. The van der Waals surface area contributed by atoms with Gasteiger partial charge in [-0.05, 0) is 91.5 Å². The van der Waals surface area contributed by atoms with Crippen LogP contribution in [0, 0.1) is 17.5 Å². The minimum atomic E-state index is -1.13. The van der Waals surface area contributed by atoms with Crippen LogP contribution in [0.3, 0.4) is 0 Å². The van der Waals surface area contributed by atoms with Crippen molar-refractivity contribution in [2.75, 3.05) is 44.7 Å². The molecule has 0 saturated heterocycles. The number of aromatic amines is 1. The molecule has 3 aromatic carbocycles. The summed E-state index contributed by atoms with van der Waals surface area (Å²) in [5, 5.41) is 17.3. The van der Waals surface area contributed by atoms with E-state index in [4.69, 9.17) is 25.8 Å². The summed E-state index contributed by atoms with van der Waals surface area (Å²) in [6, 6.07) is 18.3. The smallest absolute Gasteiger partial charge is 0.208 e. The van der Waals surface area contributed by atoms with E-state index in [0.29, 0.717) is 83.9 Å². The third-order valence-electron chi connectivity index (χ3n) is 9.33. The van der Waals surface area contributed by atoms with Crippen LogP contribution in [0.5, 0.6) is 0 Å². The van der Waals surface area contributed by atoms with Crippen molar-refractivity contribution in [1.82, 2.24) is 44.7 Å². The average Bonchev–Trinajstić information content (AvgIpc) is 4.03. The molecule has 6 aromatic rings. The highest BCUT2D eigenvalue weighted by atomic mass is 79.9. The molecule has 25 heteroatoms. The highest BCUT2D eigenvalue weighted by molar-refractivity contribution is 9.11. The van der Waals surface area contributed by atoms with Gasteiger partial charge < -0.3 is 14.2 Å². The number of thioether (sulfide) groups is 3. The Labute approximate surface area is 457 Å². The summed E-state index contributed by atoms with van der Waals surface area (Å²) in [7, 11) is -3.11. The Balaban J connectivity index is 0.000000260. The van der Waals surface area contributed by atoms with Gasteiger partial charge in [-0.25, -0.2) is 37.5 Å². The molecule has 1 N–H and O–H groups in total. The van der Waals surface area contributed by atoms with E-state index in [9.17, 15) is 13.2 Å². The fourth-order valence-corrected chi connectivity index (χ4v) is 9.89. The van der Waals surface area contributed by atoms with Crippen molar-refractivity contribution in [3.8, 4) is 34.2 Å². The quantitative estimate of drug-likeness (QED) is 0.0338. The second-order valence-electron chi connectivity index (χ2n) is 18.9. The number of rotatable bonds is 20. The molecule has 0 saturated carbocycles. The van der Waals surface area contributed by atoms with Crippen molar-refractivity contribution < 1.29 is 27.4 Å². The summed E-state index contributed by atoms with van der Waals surface area (Å²) in [5.41, 5.74) is 1.24. The lowest BCUT2D eigenvalue weighted by Crippen LogP contribution is -2.22. The zero-order chi connectivity index (χ0) is 52.2. The molecule has 0 aliphatic carbocycles. The third kappa shape index (κ3) is 23.2. The van der Waals surface area contributed by atoms with Crippen LogP contribution in [0.2, 0.25) is 77.1 Å². The van der Waals surface area contributed by atoms with Gasteiger partial charge in [0.2, 0.25) is 10.3 Å². The van der Waals surface area contributed by atoms with Gasteiger partial charge >= 0.3 is 0 Å². The number of nitrogens with zero attached hydrogens (tertiary/aromatic N) is 8. The first-order valence-corrected chi connectivity index (χ1v) is 39.7. The first-order chi connectivity index (χ1) is 32.9. The SMILES string of the molecule is CSc1n[nH]c(-c2ccc(Br)cc2F)n1.CSc1nc(-c2ccc(Br)cc2F)n(COCC[Si](C)(C)C)n1.CSc1nc(-c2ccc(Br)cc2F)nn1COCC[Si](C)(C)C.C[Si](C)(C)CCOCCl. The second kappa shape index (κ2) is 30.5. The van der Waals surface area contributed by atoms with Gasteiger partial charge in [-0.1, -0.05) is 154 Å². The zero-order valence-electron chi connectivity index (χ0n) is 41.7. The van der Waals surface area contributed by atoms with Gasteiger partial charge in [0.1, 0.15) is 37.0 Å². The van der Waals surface area contributed by atoms with Crippen molar-refractivity contribution in [3.05, 3.63) is 85.5 Å². The molecule has 0 aliphatic rings. The molecule has 0 spiro atoms. The zero-order valence-corrected chi connectivity index (χ0v) is 52.7. The van der Waals surface area contributed by atoms with Gasteiger partial charge in [0.25, 0.3) is 0 Å². The maximum absolute atomic E-state index is 14.2. The summed E-state index contributed by atoms with van der Waals surface area (Å²) >= 11 is 19.3. The lowest BCUT2D eigenvalue weighted by atomic mass is 10.2. The number of ether oxygens (including phenoxy) is 3. The van der Waals surface area contributed by atoms with Crippen molar-refractivity contribution in [2.45, 2.75) is 106 Å². The molecule has 0 bridgehead atoms. The number of alkyl halides is 1. The van der Waals surface area contributed by atoms with Crippen molar-refractivity contribution in [2.24, 2.45) is 0 Å². The van der Waals surface area contributed by atoms with Gasteiger partial charge in [-0.2, -0.15) is 0 Å². The lowest BCUT2D eigenvalue weighted by Gasteiger charge is -2.15. The largest absolute Gasteiger partial charge is 0.366 e. The number of hydrogen-bond acceptors (Lipinski definition) is 12. The van der Waals surface area contributed by atoms with E-state index in [2.05, 4.69) is 142 Å². The standard InChI is InChI=1S/2C15H21BrFN3OSSi.C9H7BrFN3S.C6H15ClOSi/c1-22-15-18-14(12-6-5-11(16)9-13(12)17)20(19-15)10-21-7-8-23(2,3)4;1-22-15-18-14(12-6-5-11(16)9-13(12)17)19-20(15)10-21-7-8-23(2,3)4;1-15-9-12-8(13-14-9)6-3-2-5(10)4-7(6)11;1-9(2,3)5-4-8-6-7/h2*5-6,9H,7-8,10H2,1-4H3;2-4H,1H3,(H,12,13,14);4-6H2,1-3H3. The summed E-state index contributed by atoms with van der Waals surface area (Å²) < 4.78 is 63.7. The van der Waals surface area contributed by atoms with E-state index >= 15 is 0 Å². The number of halogens is 7. The topological polar surface area (TPSA) is 131 Å². The molecule has 3 aromatic heterocycles. The van der Waals surface area contributed by atoms with Crippen LogP contribution in [-0.2, 0) is 27.7 Å². The van der Waals surface area contributed by atoms with Gasteiger partial charge in [0.15, 0.2) is 22.6 Å². The van der Waals surface area contributed by atoms with Crippen molar-refractivity contribution in [1.29, 1.82) is 0 Å². The Morgan fingerprint density at radius 2 is 1.03 bits per heavy atom. The summed E-state index contributed by atoms with van der Waals surface area (Å²) in [5.74, 6) is 0.324. The van der Waals surface area contributed by atoms with E-state index < -0.39 is 24.2 Å². The van der Waals surface area contributed by atoms with Crippen LogP contribution >= 0.6 is 94.7 Å². The minimum Gasteiger partial charge on any atom is -0.366 e. The van der Waals surface area contributed by atoms with Gasteiger partial charge in [-0.15, -0.1) is 15.3 Å². The van der Waals surface area contributed by atoms with Gasteiger partial charge in [0.05, 0.1) is 16.7 Å². The molecule has 0 unspecified atom stereocenters. The minimum absolute atomic E-state index is 0.281. The number of aromatic nitrogens is 9. The fraction of sp³-hybridized carbons (Fsp3) is 0.467. The van der Waals surface area contributed by atoms with Crippen LogP contribution in [-0.4, -0.2) is 114 Å². The predicted molar refractivity (Wildman–Crippen MR) is 304 cm³/mol. The summed E-state index contributed by atoms with van der Waals surface area (Å²) in [6.45, 7) is 23.7. The molecule has 0 aliphatic heterocycles. The normalized spacial score (nSPS) is 11.6. The predicted octanol–water partition coefficient (Wildman–Crippen LogP) is 15.4. The summed E-state index contributed by atoms with van der Waals surface area (Å²) in [6.07, 6.45) is 5.68.